The first-order valence-electron chi connectivity index (χ1n) is 5.82. The number of ketones is 1. The van der Waals surface area contributed by atoms with Gasteiger partial charge in [-0.15, -0.1) is 0 Å². The summed E-state index contributed by atoms with van der Waals surface area (Å²) in [6.07, 6.45) is 1.38. The van der Waals surface area contributed by atoms with Crippen molar-refractivity contribution in [1.29, 1.82) is 5.26 Å². The number of benzene rings is 2. The molecule has 98 valence electrons. The summed E-state index contributed by atoms with van der Waals surface area (Å²) in [4.78, 5) is 12.2. The molecule has 0 radical (unpaired) electrons. The Bertz CT molecular complexity index is 715. The highest BCUT2D eigenvalue weighted by Gasteiger charge is 2.12. The van der Waals surface area contributed by atoms with E-state index < -0.39 is 0 Å². The molecule has 0 aliphatic heterocycles. The van der Waals surface area contributed by atoms with Crippen LogP contribution in [0.1, 0.15) is 15.9 Å². The lowest BCUT2D eigenvalue weighted by molar-refractivity contribution is 0.104. The van der Waals surface area contributed by atoms with Gasteiger partial charge in [-0.3, -0.25) is 4.79 Å². The first-order chi connectivity index (χ1) is 9.61. The van der Waals surface area contributed by atoms with Crippen LogP contribution in [0.15, 0.2) is 58.6 Å². The van der Waals surface area contributed by atoms with Gasteiger partial charge in [0, 0.05) is 15.6 Å². The average molecular weight is 328 g/mol. The minimum atomic E-state index is -0.368. The predicted octanol–water partition coefficient (Wildman–Crippen LogP) is 3.94. The van der Waals surface area contributed by atoms with E-state index >= 15 is 0 Å². The average Bonchev–Trinajstić information content (AvgIpc) is 2.48. The molecule has 0 bridgehead atoms. The van der Waals surface area contributed by atoms with Crippen LogP contribution >= 0.6 is 15.9 Å². The topological polar surface area (TPSA) is 61.1 Å². The van der Waals surface area contributed by atoms with Gasteiger partial charge in [0.15, 0.2) is 0 Å². The monoisotopic (exact) mass is 327 g/mol. The zero-order chi connectivity index (χ0) is 14.5. The molecule has 0 unspecified atom stereocenters. The Morgan fingerprint density at radius 1 is 1.20 bits per heavy atom. The lowest BCUT2D eigenvalue weighted by Gasteiger charge is -2.02. The van der Waals surface area contributed by atoms with Crippen LogP contribution < -0.4 is 0 Å². The Morgan fingerprint density at radius 3 is 2.55 bits per heavy atom. The maximum atomic E-state index is 12.2. The molecule has 0 amide bonds. The van der Waals surface area contributed by atoms with Crippen LogP contribution in [0.2, 0.25) is 0 Å². The van der Waals surface area contributed by atoms with Crippen LogP contribution in [0.4, 0.5) is 0 Å². The summed E-state index contributed by atoms with van der Waals surface area (Å²) in [5, 5.41) is 18.9. The number of phenols is 1. The SMILES string of the molecule is N#C/C(=C\c1cc(Br)ccc1O)C(=O)c1ccccc1. The number of allylic oxidation sites excluding steroid dienone is 1. The van der Waals surface area contributed by atoms with Crippen molar-refractivity contribution in [1.82, 2.24) is 0 Å². The lowest BCUT2D eigenvalue weighted by Crippen LogP contribution is -2.01. The van der Waals surface area contributed by atoms with Crippen molar-refractivity contribution < 1.29 is 9.90 Å². The van der Waals surface area contributed by atoms with E-state index in [1.165, 1.54) is 12.1 Å². The number of nitrogens with zero attached hydrogens (tertiary/aromatic N) is 1. The third-order valence-electron chi connectivity index (χ3n) is 2.69. The van der Waals surface area contributed by atoms with Crippen molar-refractivity contribution >= 4 is 27.8 Å². The second kappa shape index (κ2) is 6.18. The molecule has 0 atom stereocenters. The molecule has 4 heteroatoms. The molecule has 0 saturated heterocycles. The van der Waals surface area contributed by atoms with E-state index in [0.717, 1.165) is 4.47 Å². The van der Waals surface area contributed by atoms with Crippen LogP contribution in [0, 0.1) is 11.3 Å². The van der Waals surface area contributed by atoms with Crippen LogP contribution in [-0.4, -0.2) is 10.9 Å². The van der Waals surface area contributed by atoms with Gasteiger partial charge in [-0.1, -0.05) is 46.3 Å². The highest BCUT2D eigenvalue weighted by molar-refractivity contribution is 9.10. The summed E-state index contributed by atoms with van der Waals surface area (Å²) >= 11 is 3.28. The molecule has 2 aromatic carbocycles. The van der Waals surface area contributed by atoms with Crippen LogP contribution in [-0.2, 0) is 0 Å². The van der Waals surface area contributed by atoms with E-state index in [9.17, 15) is 9.90 Å². The Labute approximate surface area is 124 Å². The third kappa shape index (κ3) is 3.14. The van der Waals surface area contributed by atoms with Gasteiger partial charge in [0.05, 0.1) is 0 Å². The number of carbonyl (C=O) groups is 1. The summed E-state index contributed by atoms with van der Waals surface area (Å²) in [5.74, 6) is -0.353. The molecule has 20 heavy (non-hydrogen) atoms. The van der Waals surface area contributed by atoms with Gasteiger partial charge >= 0.3 is 0 Å². The molecule has 0 aromatic heterocycles. The summed E-state index contributed by atoms with van der Waals surface area (Å²) in [6.45, 7) is 0. The molecule has 0 fully saturated rings. The van der Waals surface area contributed by atoms with E-state index in [1.807, 2.05) is 6.07 Å². The predicted molar refractivity (Wildman–Crippen MR) is 80.2 cm³/mol. The van der Waals surface area contributed by atoms with Crippen molar-refractivity contribution in [3.63, 3.8) is 0 Å². The fraction of sp³-hybridized carbons (Fsp3) is 0. The highest BCUT2D eigenvalue weighted by Crippen LogP contribution is 2.24. The molecule has 0 spiro atoms. The number of Topliss-reactive ketones (excluding diaryl/α,β-unsaturated/α-hetero) is 1. The Morgan fingerprint density at radius 2 is 1.90 bits per heavy atom. The van der Waals surface area contributed by atoms with Crippen molar-refractivity contribution in [2.24, 2.45) is 0 Å². The van der Waals surface area contributed by atoms with Crippen molar-refractivity contribution in [3.05, 3.63) is 69.7 Å². The first kappa shape index (κ1) is 14.0. The summed E-state index contributed by atoms with van der Waals surface area (Å²) in [7, 11) is 0. The van der Waals surface area contributed by atoms with Gasteiger partial charge in [-0.2, -0.15) is 5.26 Å². The standard InChI is InChI=1S/C16H10BrNO2/c17-14-6-7-15(19)12(9-14)8-13(10-18)16(20)11-4-2-1-3-5-11/h1-9,19H/b13-8+. The summed E-state index contributed by atoms with van der Waals surface area (Å²) < 4.78 is 0.756. The van der Waals surface area contributed by atoms with E-state index in [0.29, 0.717) is 11.1 Å². The van der Waals surface area contributed by atoms with E-state index in [-0.39, 0.29) is 17.1 Å². The van der Waals surface area contributed by atoms with Crippen LogP contribution in [0.5, 0.6) is 5.75 Å². The van der Waals surface area contributed by atoms with Gasteiger partial charge in [0.25, 0.3) is 0 Å². The van der Waals surface area contributed by atoms with E-state index in [4.69, 9.17) is 5.26 Å². The quantitative estimate of drug-likeness (QED) is 0.527. The molecular weight excluding hydrogens is 318 g/mol. The Balaban J connectivity index is 2.43. The highest BCUT2D eigenvalue weighted by atomic mass is 79.9. The molecule has 0 heterocycles. The zero-order valence-electron chi connectivity index (χ0n) is 10.4. The van der Waals surface area contributed by atoms with E-state index in [1.54, 1.807) is 42.5 Å². The Hall–Kier alpha value is -2.38. The fourth-order valence-electron chi connectivity index (χ4n) is 1.69. The van der Waals surface area contributed by atoms with Gasteiger partial charge in [-0.05, 0) is 24.3 Å². The molecule has 0 saturated carbocycles. The maximum Gasteiger partial charge on any atom is 0.203 e. The molecule has 0 aliphatic rings. The number of nitriles is 1. The number of aromatic hydroxyl groups is 1. The number of halogens is 1. The molecule has 2 rings (SSSR count). The number of rotatable bonds is 3. The van der Waals surface area contributed by atoms with Crippen molar-refractivity contribution in [2.75, 3.05) is 0 Å². The van der Waals surface area contributed by atoms with Crippen molar-refractivity contribution in [3.8, 4) is 11.8 Å². The molecule has 1 N–H and O–H groups in total. The number of hydrogen-bond acceptors (Lipinski definition) is 3. The van der Waals surface area contributed by atoms with Crippen molar-refractivity contribution in [2.45, 2.75) is 0 Å². The smallest absolute Gasteiger partial charge is 0.203 e. The first-order valence-corrected chi connectivity index (χ1v) is 6.61. The minimum Gasteiger partial charge on any atom is -0.507 e. The number of phenolic OH excluding ortho intramolecular Hbond substituents is 1. The maximum absolute atomic E-state index is 12.2. The van der Waals surface area contributed by atoms with Gasteiger partial charge in [0.2, 0.25) is 5.78 Å². The van der Waals surface area contributed by atoms with Crippen LogP contribution in [0.25, 0.3) is 6.08 Å². The number of carbonyl (C=O) groups excluding carboxylic acids is 1. The summed E-state index contributed by atoms with van der Waals surface area (Å²) in [6, 6.07) is 15.3. The number of hydrogen-bond donors (Lipinski definition) is 1. The van der Waals surface area contributed by atoms with Crippen LogP contribution in [0.3, 0.4) is 0 Å². The third-order valence-corrected chi connectivity index (χ3v) is 3.18. The Kier molecular flexibility index (Phi) is 4.34. The largest absolute Gasteiger partial charge is 0.507 e. The minimum absolute atomic E-state index is 0.0156. The zero-order valence-corrected chi connectivity index (χ0v) is 12.0. The van der Waals surface area contributed by atoms with Gasteiger partial charge < -0.3 is 5.11 Å². The van der Waals surface area contributed by atoms with Gasteiger partial charge in [0.1, 0.15) is 17.4 Å². The molecular formula is C16H10BrNO2. The van der Waals surface area contributed by atoms with E-state index in [2.05, 4.69) is 15.9 Å². The second-order valence-corrected chi connectivity index (χ2v) is 4.98. The molecule has 2 aromatic rings. The lowest BCUT2D eigenvalue weighted by atomic mass is 10.0. The molecule has 3 nitrogen and oxygen atoms in total. The van der Waals surface area contributed by atoms with Gasteiger partial charge in [-0.25, -0.2) is 0 Å². The normalized spacial score (nSPS) is 10.9. The summed E-state index contributed by atoms with van der Waals surface area (Å²) in [5.41, 5.74) is 0.833. The second-order valence-electron chi connectivity index (χ2n) is 4.07. The molecule has 0 aliphatic carbocycles. The fourth-order valence-corrected chi connectivity index (χ4v) is 2.07.